The number of sulfonamides is 1. The van der Waals surface area contributed by atoms with E-state index in [4.69, 9.17) is 23.7 Å². The summed E-state index contributed by atoms with van der Waals surface area (Å²) in [4.78, 5) is 26.0. The maximum absolute atomic E-state index is 12.3. The summed E-state index contributed by atoms with van der Waals surface area (Å²) >= 11 is 5.01. The Kier molecular flexibility index (Phi) is 6.63. The smallest absolute Gasteiger partial charge is 0.263 e. The SMILES string of the molecule is NC(=O)C(=CNC(=S)Nc1ccc(S(=O)(=O)Nc2ccccn2)cc1)C(N)=O. The number of nitrogens with two attached hydrogens (primary N) is 2. The summed E-state index contributed by atoms with van der Waals surface area (Å²) in [5.74, 6) is -1.81. The zero-order chi connectivity index (χ0) is 20.7. The van der Waals surface area contributed by atoms with Crippen LogP contribution in [0.2, 0.25) is 0 Å². The number of carbonyl (C=O) groups excluding carboxylic acids is 2. The third-order valence-electron chi connectivity index (χ3n) is 3.20. The van der Waals surface area contributed by atoms with Crippen molar-refractivity contribution in [2.75, 3.05) is 10.0 Å². The van der Waals surface area contributed by atoms with Crippen LogP contribution >= 0.6 is 12.2 Å². The number of aromatic nitrogens is 1. The van der Waals surface area contributed by atoms with Gasteiger partial charge in [0.05, 0.1) is 4.90 Å². The van der Waals surface area contributed by atoms with E-state index in [2.05, 4.69) is 20.3 Å². The number of primary amides is 2. The van der Waals surface area contributed by atoms with Crippen LogP contribution in [-0.4, -0.2) is 30.3 Å². The average Bonchev–Trinajstić information content (AvgIpc) is 2.62. The molecule has 0 saturated heterocycles. The number of anilines is 2. The van der Waals surface area contributed by atoms with Gasteiger partial charge in [-0.1, -0.05) is 6.07 Å². The Balaban J connectivity index is 2.04. The monoisotopic (exact) mass is 420 g/mol. The number of thiocarbonyl (C=S) groups is 1. The highest BCUT2D eigenvalue weighted by atomic mass is 32.2. The fourth-order valence-electron chi connectivity index (χ4n) is 1.91. The van der Waals surface area contributed by atoms with Crippen molar-refractivity contribution < 1.29 is 18.0 Å². The van der Waals surface area contributed by atoms with Gasteiger partial charge in [-0.2, -0.15) is 0 Å². The van der Waals surface area contributed by atoms with Gasteiger partial charge in [0, 0.05) is 18.1 Å². The molecule has 0 saturated carbocycles. The first-order valence-corrected chi connectivity index (χ1v) is 9.49. The van der Waals surface area contributed by atoms with Gasteiger partial charge in [0.15, 0.2) is 5.11 Å². The molecular formula is C16H16N6O4S2. The number of hydrogen-bond donors (Lipinski definition) is 5. The van der Waals surface area contributed by atoms with Crippen molar-refractivity contribution in [2.45, 2.75) is 4.90 Å². The lowest BCUT2D eigenvalue weighted by Crippen LogP contribution is -2.30. The van der Waals surface area contributed by atoms with Crippen molar-refractivity contribution in [3.8, 4) is 0 Å². The molecule has 0 aliphatic carbocycles. The highest BCUT2D eigenvalue weighted by molar-refractivity contribution is 7.92. The van der Waals surface area contributed by atoms with Crippen molar-refractivity contribution in [1.82, 2.24) is 10.3 Å². The van der Waals surface area contributed by atoms with E-state index in [-0.39, 0.29) is 15.8 Å². The summed E-state index contributed by atoms with van der Waals surface area (Å²) in [5.41, 5.74) is 10.0. The lowest BCUT2D eigenvalue weighted by Gasteiger charge is -2.10. The predicted molar refractivity (Wildman–Crippen MR) is 107 cm³/mol. The standard InChI is InChI=1S/C16H16N6O4S2/c17-14(23)12(15(18)24)9-20-16(27)21-10-4-6-11(7-5-10)28(25,26)22-13-3-1-2-8-19-13/h1-9H,(H2,17,23)(H2,18,24)(H,19,22)(H2,20,21,27). The Morgan fingerprint density at radius 1 is 1.04 bits per heavy atom. The van der Waals surface area contributed by atoms with Gasteiger partial charge < -0.3 is 22.1 Å². The van der Waals surface area contributed by atoms with E-state index in [1.54, 1.807) is 12.1 Å². The molecule has 12 heteroatoms. The van der Waals surface area contributed by atoms with E-state index in [1.165, 1.54) is 36.5 Å². The van der Waals surface area contributed by atoms with Crippen LogP contribution in [0.1, 0.15) is 0 Å². The normalized spacial score (nSPS) is 10.4. The maximum Gasteiger partial charge on any atom is 0.263 e. The van der Waals surface area contributed by atoms with E-state index in [9.17, 15) is 18.0 Å². The highest BCUT2D eigenvalue weighted by Crippen LogP contribution is 2.17. The van der Waals surface area contributed by atoms with Gasteiger partial charge in [-0.3, -0.25) is 14.3 Å². The van der Waals surface area contributed by atoms with Crippen LogP contribution in [-0.2, 0) is 19.6 Å². The first-order valence-electron chi connectivity index (χ1n) is 7.60. The van der Waals surface area contributed by atoms with Gasteiger partial charge in [0.1, 0.15) is 11.4 Å². The molecule has 0 unspecified atom stereocenters. The van der Waals surface area contributed by atoms with Crippen LogP contribution in [0.4, 0.5) is 11.5 Å². The molecule has 0 aliphatic heterocycles. The molecule has 2 aromatic rings. The van der Waals surface area contributed by atoms with Gasteiger partial charge in [0.2, 0.25) is 0 Å². The Bertz CT molecular complexity index is 1000. The predicted octanol–water partition coefficient (Wildman–Crippen LogP) is 0.0233. The van der Waals surface area contributed by atoms with Crippen molar-refractivity contribution >= 4 is 50.7 Å². The molecule has 28 heavy (non-hydrogen) atoms. The second-order valence-electron chi connectivity index (χ2n) is 5.23. The summed E-state index contributed by atoms with van der Waals surface area (Å²) in [7, 11) is -3.80. The van der Waals surface area contributed by atoms with E-state index in [1.807, 2.05) is 0 Å². The van der Waals surface area contributed by atoms with Crippen LogP contribution in [0, 0.1) is 0 Å². The topological polar surface area (TPSA) is 169 Å². The van der Waals surface area contributed by atoms with E-state index in [0.717, 1.165) is 6.20 Å². The minimum absolute atomic E-state index is 0.0206. The lowest BCUT2D eigenvalue weighted by atomic mass is 10.2. The molecule has 1 heterocycles. The van der Waals surface area contributed by atoms with Gasteiger partial charge in [0.25, 0.3) is 21.8 Å². The van der Waals surface area contributed by atoms with Crippen LogP contribution in [0.25, 0.3) is 0 Å². The molecule has 1 aromatic carbocycles. The number of hydrogen-bond acceptors (Lipinski definition) is 6. The maximum atomic E-state index is 12.3. The van der Waals surface area contributed by atoms with Crippen LogP contribution < -0.4 is 26.8 Å². The Morgan fingerprint density at radius 3 is 2.21 bits per heavy atom. The third-order valence-corrected chi connectivity index (χ3v) is 4.80. The third kappa shape index (κ3) is 5.75. The number of nitrogens with one attached hydrogen (secondary N) is 3. The molecule has 0 atom stereocenters. The summed E-state index contributed by atoms with van der Waals surface area (Å²) in [6.45, 7) is 0. The second-order valence-corrected chi connectivity index (χ2v) is 7.32. The van der Waals surface area contributed by atoms with Crippen molar-refractivity contribution in [1.29, 1.82) is 0 Å². The minimum atomic E-state index is -3.80. The molecule has 0 aliphatic rings. The molecule has 0 radical (unpaired) electrons. The fraction of sp³-hybridized carbons (Fsp3) is 0. The first kappa shape index (κ1) is 20.8. The van der Waals surface area contributed by atoms with Crippen molar-refractivity contribution in [3.63, 3.8) is 0 Å². The molecule has 2 rings (SSSR count). The molecule has 0 bridgehead atoms. The molecule has 0 fully saturated rings. The van der Waals surface area contributed by atoms with Crippen molar-refractivity contribution in [2.24, 2.45) is 11.5 Å². The quantitative estimate of drug-likeness (QED) is 0.181. The zero-order valence-corrected chi connectivity index (χ0v) is 15.9. The van der Waals surface area contributed by atoms with E-state index >= 15 is 0 Å². The molecule has 10 nitrogen and oxygen atoms in total. The molecular weight excluding hydrogens is 404 g/mol. The van der Waals surface area contributed by atoms with Gasteiger partial charge in [-0.25, -0.2) is 13.4 Å². The molecule has 2 amide bonds. The second kappa shape index (κ2) is 8.92. The first-order chi connectivity index (χ1) is 13.2. The summed E-state index contributed by atoms with van der Waals surface area (Å²) in [6.07, 6.45) is 2.45. The summed E-state index contributed by atoms with van der Waals surface area (Å²) in [5, 5.41) is 5.27. The molecule has 0 spiro atoms. The molecule has 1 aromatic heterocycles. The Morgan fingerprint density at radius 2 is 1.68 bits per heavy atom. The number of pyridine rings is 1. The Labute approximate surface area is 166 Å². The highest BCUT2D eigenvalue weighted by Gasteiger charge is 2.15. The van der Waals surface area contributed by atoms with E-state index in [0.29, 0.717) is 5.69 Å². The summed E-state index contributed by atoms with van der Waals surface area (Å²) in [6, 6.07) is 10.5. The van der Waals surface area contributed by atoms with Crippen LogP contribution in [0.5, 0.6) is 0 Å². The molecule has 146 valence electrons. The van der Waals surface area contributed by atoms with Gasteiger partial charge >= 0.3 is 0 Å². The number of amides is 2. The van der Waals surface area contributed by atoms with Gasteiger partial charge in [-0.15, -0.1) is 0 Å². The van der Waals surface area contributed by atoms with Gasteiger partial charge in [-0.05, 0) is 48.6 Å². The lowest BCUT2D eigenvalue weighted by molar-refractivity contribution is -0.120. The zero-order valence-electron chi connectivity index (χ0n) is 14.2. The fourth-order valence-corrected chi connectivity index (χ4v) is 3.09. The van der Waals surface area contributed by atoms with E-state index < -0.39 is 27.4 Å². The Hall–Kier alpha value is -3.51. The number of benzene rings is 1. The number of rotatable bonds is 7. The number of nitrogens with zero attached hydrogens (tertiary/aromatic N) is 1. The van der Waals surface area contributed by atoms with Crippen molar-refractivity contribution in [3.05, 3.63) is 60.4 Å². The average molecular weight is 420 g/mol. The van der Waals surface area contributed by atoms with Crippen LogP contribution in [0.3, 0.4) is 0 Å². The summed E-state index contributed by atoms with van der Waals surface area (Å²) < 4.78 is 27.0. The largest absolute Gasteiger partial charge is 0.365 e. The number of carbonyl (C=O) groups is 2. The van der Waals surface area contributed by atoms with Crippen LogP contribution in [0.15, 0.2) is 65.3 Å². The molecule has 7 N–H and O–H groups in total. The minimum Gasteiger partial charge on any atom is -0.365 e.